The first-order chi connectivity index (χ1) is 19.5. The number of fused-ring (bicyclic) bond motifs is 3. The maximum Gasteiger partial charge on any atom is 0.309 e. The van der Waals surface area contributed by atoms with E-state index in [2.05, 4.69) is 55.5 Å². The first kappa shape index (κ1) is 34.0. The molecule has 1 aliphatic rings. The highest BCUT2D eigenvalue weighted by molar-refractivity contribution is 5.76. The van der Waals surface area contributed by atoms with E-state index in [1.54, 1.807) is 0 Å². The molecule has 1 atom stereocenters. The van der Waals surface area contributed by atoms with E-state index in [9.17, 15) is 14.3 Å². The van der Waals surface area contributed by atoms with Gasteiger partial charge in [-0.15, -0.1) is 0 Å². The Morgan fingerprint density at radius 3 is 1.43 bits per heavy atom. The van der Waals surface area contributed by atoms with Crippen molar-refractivity contribution in [3.63, 3.8) is 0 Å². The zero-order valence-electron chi connectivity index (χ0n) is 25.7. The van der Waals surface area contributed by atoms with Gasteiger partial charge in [0.25, 0.3) is 0 Å². The highest BCUT2D eigenvalue weighted by Gasteiger charge is 2.31. The minimum Gasteiger partial charge on any atom is -0.481 e. The summed E-state index contributed by atoms with van der Waals surface area (Å²) >= 11 is 0. The Morgan fingerprint density at radius 1 is 0.650 bits per heavy atom. The fourth-order valence-electron chi connectivity index (χ4n) is 5.91. The summed E-state index contributed by atoms with van der Waals surface area (Å²) in [6.45, 7) is 3.97. The van der Waals surface area contributed by atoms with E-state index in [1.807, 2.05) is 6.92 Å². The number of unbranched alkanes of at least 4 members (excludes halogenated alkanes) is 15. The molecule has 0 radical (unpaired) electrons. The molecule has 1 N–H and O–H groups in total. The van der Waals surface area contributed by atoms with Gasteiger partial charge in [-0.2, -0.15) is 0 Å². The highest BCUT2D eigenvalue weighted by Crippen LogP contribution is 2.35. The van der Waals surface area contributed by atoms with Gasteiger partial charge in [0.15, 0.2) is 0 Å². The number of alkyl halides is 1. The number of carboxylic acids is 1. The predicted molar refractivity (Wildman–Crippen MR) is 170 cm³/mol. The molecular formula is C37H57FO2. The molecule has 2 nitrogen and oxygen atoms in total. The van der Waals surface area contributed by atoms with Crippen LogP contribution in [0.15, 0.2) is 48.5 Å². The SMILES string of the molecule is CCCCCCCCCCCCCC(C)(CCCCCCCCF)C(=O)O.c1ccc2c(c1)Cc1ccccc1-2. The molecule has 0 aliphatic heterocycles. The molecule has 0 saturated carbocycles. The first-order valence-electron chi connectivity index (χ1n) is 16.5. The summed E-state index contributed by atoms with van der Waals surface area (Å²) in [4.78, 5) is 11.7. The van der Waals surface area contributed by atoms with Crippen LogP contribution in [0.3, 0.4) is 0 Å². The Kier molecular flexibility index (Phi) is 17.6. The van der Waals surface area contributed by atoms with Crippen LogP contribution >= 0.6 is 0 Å². The molecule has 0 spiro atoms. The monoisotopic (exact) mass is 552 g/mol. The van der Waals surface area contributed by atoms with Crippen molar-refractivity contribution in [3.05, 3.63) is 59.7 Å². The van der Waals surface area contributed by atoms with Gasteiger partial charge in [-0.3, -0.25) is 9.18 Å². The van der Waals surface area contributed by atoms with Crippen molar-refractivity contribution in [2.45, 2.75) is 142 Å². The number of hydrogen-bond donors (Lipinski definition) is 1. The second-order valence-corrected chi connectivity index (χ2v) is 12.2. The molecule has 1 unspecified atom stereocenters. The van der Waals surface area contributed by atoms with Crippen molar-refractivity contribution in [3.8, 4) is 11.1 Å². The average Bonchev–Trinajstić information content (AvgIpc) is 3.34. The van der Waals surface area contributed by atoms with E-state index in [1.165, 1.54) is 86.5 Å². The van der Waals surface area contributed by atoms with Crippen LogP contribution in [0, 0.1) is 5.41 Å². The van der Waals surface area contributed by atoms with Crippen molar-refractivity contribution in [1.82, 2.24) is 0 Å². The maximum absolute atomic E-state index is 12.0. The predicted octanol–water partition coefficient (Wildman–Crippen LogP) is 11.7. The molecule has 0 heterocycles. The smallest absolute Gasteiger partial charge is 0.309 e. The van der Waals surface area contributed by atoms with Gasteiger partial charge in [0.1, 0.15) is 0 Å². The van der Waals surface area contributed by atoms with Gasteiger partial charge in [0.05, 0.1) is 12.1 Å². The zero-order valence-corrected chi connectivity index (χ0v) is 25.7. The maximum atomic E-state index is 12.0. The molecule has 0 saturated heterocycles. The lowest BCUT2D eigenvalue weighted by Gasteiger charge is -2.24. The summed E-state index contributed by atoms with van der Waals surface area (Å²) < 4.78 is 12.0. The third kappa shape index (κ3) is 13.0. The fourth-order valence-corrected chi connectivity index (χ4v) is 5.91. The third-order valence-corrected chi connectivity index (χ3v) is 8.67. The van der Waals surface area contributed by atoms with Crippen LogP contribution in [0.5, 0.6) is 0 Å². The molecule has 224 valence electrons. The van der Waals surface area contributed by atoms with Crippen LogP contribution in [0.25, 0.3) is 11.1 Å². The summed E-state index contributed by atoms with van der Waals surface area (Å²) in [5, 5.41) is 9.62. The van der Waals surface area contributed by atoms with E-state index < -0.39 is 11.4 Å². The molecule has 2 aromatic rings. The van der Waals surface area contributed by atoms with Gasteiger partial charge in [-0.05, 0) is 54.9 Å². The lowest BCUT2D eigenvalue weighted by atomic mass is 9.80. The lowest BCUT2D eigenvalue weighted by molar-refractivity contribution is -0.149. The Hall–Kier alpha value is -2.16. The van der Waals surface area contributed by atoms with E-state index in [4.69, 9.17) is 0 Å². The number of aliphatic carboxylic acids is 1. The molecule has 40 heavy (non-hydrogen) atoms. The topological polar surface area (TPSA) is 37.3 Å². The number of hydrogen-bond acceptors (Lipinski definition) is 1. The minimum absolute atomic E-state index is 0.212. The quantitative estimate of drug-likeness (QED) is 0.133. The van der Waals surface area contributed by atoms with Crippen LogP contribution < -0.4 is 0 Å². The standard InChI is InChI=1S/C24H47FO2.C13H10/c1-3-4-5-6-7-8-9-10-11-14-17-20-24(2,23(26)27)21-18-15-12-13-16-19-22-25;1-3-7-12-10(5-1)9-11-6-2-4-8-13(11)12/h3-22H2,1-2H3,(H,26,27);1-8H,9H2. The van der Waals surface area contributed by atoms with Gasteiger partial charge < -0.3 is 5.11 Å². The number of halogens is 1. The summed E-state index contributed by atoms with van der Waals surface area (Å²) in [6.07, 6.45) is 22.9. The molecule has 3 heteroatoms. The Balaban J connectivity index is 0.000000349. The highest BCUT2D eigenvalue weighted by atomic mass is 19.1. The molecule has 3 rings (SSSR count). The van der Waals surface area contributed by atoms with Crippen LogP contribution in [-0.2, 0) is 11.2 Å². The van der Waals surface area contributed by atoms with Crippen LogP contribution in [0.4, 0.5) is 4.39 Å². The summed E-state index contributed by atoms with van der Waals surface area (Å²) in [7, 11) is 0. The normalized spacial score (nSPS) is 13.2. The third-order valence-electron chi connectivity index (χ3n) is 8.67. The summed E-state index contributed by atoms with van der Waals surface area (Å²) in [6, 6.07) is 17.3. The van der Waals surface area contributed by atoms with Crippen LogP contribution in [0.1, 0.15) is 147 Å². The molecule has 0 aromatic heterocycles. The molecule has 1 aliphatic carbocycles. The van der Waals surface area contributed by atoms with Crippen molar-refractivity contribution >= 4 is 5.97 Å². The Morgan fingerprint density at radius 2 is 1.02 bits per heavy atom. The van der Waals surface area contributed by atoms with Crippen LogP contribution in [0.2, 0.25) is 0 Å². The van der Waals surface area contributed by atoms with Crippen molar-refractivity contribution in [2.24, 2.45) is 5.41 Å². The molecule has 0 fully saturated rings. The Bertz CT molecular complexity index is 896. The number of carbonyl (C=O) groups is 1. The fraction of sp³-hybridized carbons (Fsp3) is 0.649. The largest absolute Gasteiger partial charge is 0.481 e. The van der Waals surface area contributed by atoms with Gasteiger partial charge in [-0.25, -0.2) is 0 Å². The molecule has 0 bridgehead atoms. The Labute approximate surface area is 245 Å². The average molecular weight is 553 g/mol. The van der Waals surface area contributed by atoms with Crippen molar-refractivity contribution in [2.75, 3.05) is 6.67 Å². The molecular weight excluding hydrogens is 495 g/mol. The van der Waals surface area contributed by atoms with E-state index >= 15 is 0 Å². The molecule has 2 aromatic carbocycles. The van der Waals surface area contributed by atoms with E-state index in [0.29, 0.717) is 6.42 Å². The van der Waals surface area contributed by atoms with Crippen molar-refractivity contribution in [1.29, 1.82) is 0 Å². The molecule has 0 amide bonds. The van der Waals surface area contributed by atoms with Gasteiger partial charge in [-0.1, -0.05) is 158 Å². The minimum atomic E-state index is -0.632. The van der Waals surface area contributed by atoms with Gasteiger partial charge in [0.2, 0.25) is 0 Å². The van der Waals surface area contributed by atoms with Crippen molar-refractivity contribution < 1.29 is 14.3 Å². The number of rotatable bonds is 21. The second kappa shape index (κ2) is 20.7. The first-order valence-corrected chi connectivity index (χ1v) is 16.5. The zero-order chi connectivity index (χ0) is 28.9. The summed E-state index contributed by atoms with van der Waals surface area (Å²) in [5.41, 5.74) is 5.20. The van der Waals surface area contributed by atoms with Gasteiger partial charge >= 0.3 is 5.97 Å². The number of benzene rings is 2. The van der Waals surface area contributed by atoms with Gasteiger partial charge in [0, 0.05) is 0 Å². The second-order valence-electron chi connectivity index (χ2n) is 12.2. The lowest BCUT2D eigenvalue weighted by Crippen LogP contribution is -2.27. The van der Waals surface area contributed by atoms with Crippen LogP contribution in [-0.4, -0.2) is 17.8 Å². The van der Waals surface area contributed by atoms with E-state index in [-0.39, 0.29) is 6.67 Å². The summed E-state index contributed by atoms with van der Waals surface area (Å²) in [5.74, 6) is -0.632. The number of carboxylic acid groups (broad SMARTS) is 1. The van der Waals surface area contributed by atoms with E-state index in [0.717, 1.165) is 57.8 Å².